The molecule has 32 heavy (non-hydrogen) atoms. The maximum Gasteiger partial charge on any atom is 0.292 e. The van der Waals surface area contributed by atoms with Crippen LogP contribution in [0.25, 0.3) is 5.82 Å². The van der Waals surface area contributed by atoms with E-state index in [1.165, 1.54) is 19.4 Å². The third-order valence-electron chi connectivity index (χ3n) is 4.71. The molecule has 1 fully saturated rings. The summed E-state index contributed by atoms with van der Waals surface area (Å²) < 4.78 is 16.1. The van der Waals surface area contributed by atoms with Crippen LogP contribution in [-0.2, 0) is 11.3 Å². The SMILES string of the molecule is COc1ccc(C=NNC(=O)c2c(CN3CCOCC3)nnn2-c2nonc2N)cc1O. The van der Waals surface area contributed by atoms with Gasteiger partial charge in [-0.25, -0.2) is 10.1 Å². The standard InChI is InChI=1S/C18H21N9O5/c1-30-14-3-2-11(8-13(14)28)9-20-22-18(29)15-12(10-26-4-6-31-7-5-26)21-25-27(15)17-16(19)23-32-24-17/h2-3,8-9,28H,4-7,10H2,1H3,(H2,19,23)(H,22,29). The predicted molar refractivity (Wildman–Crippen MR) is 109 cm³/mol. The minimum Gasteiger partial charge on any atom is -0.504 e. The fourth-order valence-corrected chi connectivity index (χ4v) is 3.11. The first-order valence-corrected chi connectivity index (χ1v) is 9.60. The maximum absolute atomic E-state index is 13.0. The van der Waals surface area contributed by atoms with Crippen LogP contribution in [0.5, 0.6) is 11.5 Å². The summed E-state index contributed by atoms with van der Waals surface area (Å²) in [6.45, 7) is 2.94. The van der Waals surface area contributed by atoms with Gasteiger partial charge in [0.25, 0.3) is 5.91 Å². The van der Waals surface area contributed by atoms with Crippen LogP contribution in [0.15, 0.2) is 27.9 Å². The molecule has 1 aliphatic heterocycles. The van der Waals surface area contributed by atoms with Crippen LogP contribution in [0.4, 0.5) is 5.82 Å². The van der Waals surface area contributed by atoms with E-state index in [1.54, 1.807) is 12.1 Å². The molecule has 4 N–H and O–H groups in total. The smallest absolute Gasteiger partial charge is 0.292 e. The Hall–Kier alpha value is -4.04. The third kappa shape index (κ3) is 4.50. The number of amides is 1. The topological polar surface area (TPSA) is 179 Å². The molecule has 14 nitrogen and oxygen atoms in total. The molecule has 3 aromatic rings. The van der Waals surface area contributed by atoms with Crippen molar-refractivity contribution in [3.63, 3.8) is 0 Å². The quantitative estimate of drug-likeness (QED) is 0.318. The number of carbonyl (C=O) groups is 1. The summed E-state index contributed by atoms with van der Waals surface area (Å²) in [4.78, 5) is 15.1. The van der Waals surface area contributed by atoms with Gasteiger partial charge in [0.1, 0.15) is 5.69 Å². The molecule has 0 aliphatic carbocycles. The van der Waals surface area contributed by atoms with E-state index in [9.17, 15) is 9.90 Å². The maximum atomic E-state index is 13.0. The predicted octanol–water partition coefficient (Wildman–Crippen LogP) is -0.457. The average molecular weight is 443 g/mol. The van der Waals surface area contributed by atoms with Crippen molar-refractivity contribution in [1.29, 1.82) is 0 Å². The first kappa shape index (κ1) is 21.2. The molecule has 3 heterocycles. The number of hydrazone groups is 1. The molecule has 1 amide bonds. The van der Waals surface area contributed by atoms with Gasteiger partial charge in [-0.3, -0.25) is 9.69 Å². The number of aromatic hydroxyl groups is 1. The number of benzene rings is 1. The highest BCUT2D eigenvalue weighted by Gasteiger charge is 2.26. The van der Waals surface area contributed by atoms with Gasteiger partial charge in [-0.1, -0.05) is 5.21 Å². The number of nitrogens with zero attached hydrogens (tertiary/aromatic N) is 7. The normalized spacial score (nSPS) is 14.7. The zero-order chi connectivity index (χ0) is 22.5. The lowest BCUT2D eigenvalue weighted by atomic mass is 10.2. The largest absolute Gasteiger partial charge is 0.504 e. The summed E-state index contributed by atoms with van der Waals surface area (Å²) in [6.07, 6.45) is 1.37. The van der Waals surface area contributed by atoms with Crippen LogP contribution in [0, 0.1) is 0 Å². The number of nitrogens with one attached hydrogen (secondary N) is 1. The molecule has 0 atom stereocenters. The number of methoxy groups -OCH3 is 1. The fourth-order valence-electron chi connectivity index (χ4n) is 3.11. The van der Waals surface area contributed by atoms with E-state index < -0.39 is 5.91 Å². The second-order valence-electron chi connectivity index (χ2n) is 6.79. The minimum absolute atomic E-state index is 0.0416. The lowest BCUT2D eigenvalue weighted by molar-refractivity contribution is 0.0335. The van der Waals surface area contributed by atoms with Crippen LogP contribution >= 0.6 is 0 Å². The van der Waals surface area contributed by atoms with E-state index in [2.05, 4.69) is 40.7 Å². The lowest BCUT2D eigenvalue weighted by Crippen LogP contribution is -2.36. The molecular weight excluding hydrogens is 422 g/mol. The van der Waals surface area contributed by atoms with Gasteiger partial charge >= 0.3 is 0 Å². The number of phenolic OH excluding ortho intramolecular Hbond substituents is 1. The Balaban J connectivity index is 1.57. The van der Waals surface area contributed by atoms with Gasteiger partial charge in [0.15, 0.2) is 17.2 Å². The van der Waals surface area contributed by atoms with Gasteiger partial charge in [-0.2, -0.15) is 9.78 Å². The van der Waals surface area contributed by atoms with Crippen LogP contribution in [0.1, 0.15) is 21.7 Å². The molecule has 0 unspecified atom stereocenters. The number of nitrogen functional groups attached to an aromatic ring is 1. The number of anilines is 1. The zero-order valence-electron chi connectivity index (χ0n) is 17.1. The van der Waals surface area contributed by atoms with Gasteiger partial charge in [0.05, 0.1) is 26.5 Å². The first-order valence-electron chi connectivity index (χ1n) is 9.60. The number of hydrogen-bond donors (Lipinski definition) is 3. The Morgan fingerprint density at radius 1 is 1.38 bits per heavy atom. The molecule has 1 saturated heterocycles. The Bertz CT molecular complexity index is 1120. The van der Waals surface area contributed by atoms with Crippen molar-refractivity contribution in [2.45, 2.75) is 6.54 Å². The molecule has 0 spiro atoms. The van der Waals surface area contributed by atoms with Crippen LogP contribution < -0.4 is 15.9 Å². The number of nitrogens with two attached hydrogens (primary N) is 1. The van der Waals surface area contributed by atoms with E-state index >= 15 is 0 Å². The highest BCUT2D eigenvalue weighted by atomic mass is 16.6. The number of aromatic nitrogens is 5. The molecule has 168 valence electrons. The van der Waals surface area contributed by atoms with Crippen LogP contribution in [0.2, 0.25) is 0 Å². The number of hydrogen-bond acceptors (Lipinski definition) is 12. The number of ether oxygens (including phenoxy) is 2. The highest BCUT2D eigenvalue weighted by Crippen LogP contribution is 2.25. The van der Waals surface area contributed by atoms with Crippen molar-refractivity contribution in [3.8, 4) is 17.3 Å². The van der Waals surface area contributed by atoms with E-state index in [1.807, 2.05) is 0 Å². The van der Waals surface area contributed by atoms with Crippen molar-refractivity contribution < 1.29 is 24.0 Å². The molecule has 2 aromatic heterocycles. The summed E-state index contributed by atoms with van der Waals surface area (Å²) in [5.41, 5.74) is 9.25. The summed E-state index contributed by atoms with van der Waals surface area (Å²) in [5.74, 6) is -0.312. The van der Waals surface area contributed by atoms with E-state index in [4.69, 9.17) is 15.2 Å². The van der Waals surface area contributed by atoms with Crippen LogP contribution in [0.3, 0.4) is 0 Å². The first-order chi connectivity index (χ1) is 15.6. The highest BCUT2D eigenvalue weighted by molar-refractivity contribution is 5.95. The number of phenols is 1. The van der Waals surface area contributed by atoms with E-state index in [0.717, 1.165) is 4.68 Å². The molecule has 14 heteroatoms. The second-order valence-corrected chi connectivity index (χ2v) is 6.79. The monoisotopic (exact) mass is 443 g/mol. The average Bonchev–Trinajstić information content (AvgIpc) is 3.40. The summed E-state index contributed by atoms with van der Waals surface area (Å²) in [5, 5.41) is 29.2. The summed E-state index contributed by atoms with van der Waals surface area (Å²) in [7, 11) is 1.45. The van der Waals surface area contributed by atoms with Crippen LogP contribution in [-0.4, -0.2) is 80.8 Å². The molecule has 1 aromatic carbocycles. The molecular formula is C18H21N9O5. The molecule has 4 rings (SSSR count). The van der Waals surface area contributed by atoms with Crippen molar-refractivity contribution in [2.75, 3.05) is 39.1 Å². The molecule has 1 aliphatic rings. The molecule has 0 saturated carbocycles. The Kier molecular flexibility index (Phi) is 6.23. The Morgan fingerprint density at radius 2 is 2.19 bits per heavy atom. The van der Waals surface area contributed by atoms with Crippen molar-refractivity contribution >= 4 is 17.9 Å². The van der Waals surface area contributed by atoms with Gasteiger partial charge in [-0.15, -0.1) is 5.10 Å². The zero-order valence-corrected chi connectivity index (χ0v) is 17.1. The third-order valence-corrected chi connectivity index (χ3v) is 4.71. The number of morpholine rings is 1. The minimum atomic E-state index is -0.588. The van der Waals surface area contributed by atoms with Gasteiger partial charge in [-0.05, 0) is 34.1 Å². The fraction of sp³-hybridized carbons (Fsp3) is 0.333. The molecule has 0 bridgehead atoms. The Labute approximate surface area is 181 Å². The molecule has 0 radical (unpaired) electrons. The summed E-state index contributed by atoms with van der Waals surface area (Å²) in [6, 6.07) is 4.70. The number of rotatable bonds is 7. The van der Waals surface area contributed by atoms with Crippen molar-refractivity contribution in [1.82, 2.24) is 35.6 Å². The lowest BCUT2D eigenvalue weighted by Gasteiger charge is -2.25. The van der Waals surface area contributed by atoms with Crippen molar-refractivity contribution in [2.24, 2.45) is 5.10 Å². The second kappa shape index (κ2) is 9.40. The van der Waals surface area contributed by atoms with E-state index in [-0.39, 0.29) is 23.1 Å². The number of carbonyl (C=O) groups excluding carboxylic acids is 1. The van der Waals surface area contributed by atoms with Gasteiger partial charge in [0.2, 0.25) is 11.6 Å². The van der Waals surface area contributed by atoms with Gasteiger partial charge < -0.3 is 20.3 Å². The Morgan fingerprint density at radius 3 is 2.88 bits per heavy atom. The van der Waals surface area contributed by atoms with Gasteiger partial charge in [0, 0.05) is 19.6 Å². The van der Waals surface area contributed by atoms with Crippen molar-refractivity contribution in [3.05, 3.63) is 35.2 Å². The summed E-state index contributed by atoms with van der Waals surface area (Å²) >= 11 is 0. The van der Waals surface area contributed by atoms with E-state index in [0.29, 0.717) is 49.9 Å².